The van der Waals surface area contributed by atoms with Crippen LogP contribution < -0.4 is 18.9 Å². The standard InChI is InChI=1S/C47H68N2O16/c1-9-60-42(50)34-16-14-22-48(3,28-34)30-40(64-44(52)32-18-20-36(56-5)38(26-32)58-7)46(54)62-24-12-11-13-25-63-47(55)41(31-49(4)23-15-17-35(29-49)43(51)61-10-2)65-45(53)33-19-21-37(57-6)39(27-33)59-8/h18-21,26-27,34-35,40-41H,9-17,22-25,28-31H2,1-8H3/q+2. The highest BCUT2D eigenvalue weighted by Crippen LogP contribution is 2.31. The zero-order valence-corrected chi connectivity index (χ0v) is 39.2. The van der Waals surface area contributed by atoms with Crippen LogP contribution in [0.15, 0.2) is 36.4 Å². The number of carbonyl (C=O) groups excluding carboxylic acids is 6. The van der Waals surface area contributed by atoms with E-state index < -0.39 is 36.1 Å². The smallest absolute Gasteiger partial charge is 0.353 e. The van der Waals surface area contributed by atoms with Crippen molar-refractivity contribution in [3.8, 4) is 23.0 Å². The zero-order valence-electron chi connectivity index (χ0n) is 39.2. The molecule has 6 unspecified atom stereocenters. The molecular weight excluding hydrogens is 849 g/mol. The van der Waals surface area contributed by atoms with Crippen LogP contribution in [0.4, 0.5) is 0 Å². The van der Waals surface area contributed by atoms with Crippen LogP contribution in [-0.4, -0.2) is 165 Å². The van der Waals surface area contributed by atoms with Crippen molar-refractivity contribution in [2.45, 2.75) is 71.0 Å². The molecule has 2 aliphatic rings. The number of quaternary nitrogens is 2. The highest BCUT2D eigenvalue weighted by molar-refractivity contribution is 5.93. The summed E-state index contributed by atoms with van der Waals surface area (Å²) in [6.07, 6.45) is 1.45. The van der Waals surface area contributed by atoms with Crippen molar-refractivity contribution in [1.29, 1.82) is 0 Å². The summed E-state index contributed by atoms with van der Waals surface area (Å²) >= 11 is 0. The average molecular weight is 917 g/mol. The maximum absolute atomic E-state index is 13.7. The van der Waals surface area contributed by atoms with Gasteiger partial charge in [0.2, 0.25) is 12.2 Å². The molecular formula is C47H68N2O16+2. The number of hydrogen-bond donors (Lipinski definition) is 0. The van der Waals surface area contributed by atoms with E-state index in [1.165, 1.54) is 52.7 Å². The van der Waals surface area contributed by atoms with E-state index in [1.807, 2.05) is 14.1 Å². The number of methoxy groups -OCH3 is 4. The first-order chi connectivity index (χ1) is 31.1. The van der Waals surface area contributed by atoms with Crippen molar-refractivity contribution in [3.05, 3.63) is 47.5 Å². The minimum absolute atomic E-state index is 0.00458. The number of nitrogens with zero attached hydrogens (tertiary/aromatic N) is 2. The minimum Gasteiger partial charge on any atom is -0.493 e. The van der Waals surface area contributed by atoms with Gasteiger partial charge in [-0.05, 0) is 95.2 Å². The number of likely N-dealkylation sites (N-methyl/N-ethyl adjacent to an activating group) is 2. The summed E-state index contributed by atoms with van der Waals surface area (Å²) in [5, 5.41) is 0. The number of likely N-dealkylation sites (tertiary alicyclic amines) is 2. The Morgan fingerprint density at radius 1 is 0.554 bits per heavy atom. The lowest BCUT2D eigenvalue weighted by atomic mass is 9.95. The van der Waals surface area contributed by atoms with E-state index in [0.29, 0.717) is 94.1 Å². The molecule has 0 radical (unpaired) electrons. The fraction of sp³-hybridized carbons (Fsp3) is 0.617. The first-order valence-electron chi connectivity index (χ1n) is 22.3. The molecule has 2 aromatic carbocycles. The Hall–Kier alpha value is -5.62. The molecule has 0 N–H and O–H groups in total. The maximum Gasteiger partial charge on any atom is 0.353 e. The molecule has 0 bridgehead atoms. The fourth-order valence-corrected chi connectivity index (χ4v) is 8.46. The third-order valence-electron chi connectivity index (χ3n) is 11.8. The molecule has 18 nitrogen and oxygen atoms in total. The lowest BCUT2D eigenvalue weighted by molar-refractivity contribution is -0.918. The number of hydrogen-bond acceptors (Lipinski definition) is 16. The third kappa shape index (κ3) is 15.2. The number of benzene rings is 2. The summed E-state index contributed by atoms with van der Waals surface area (Å²) in [6, 6.07) is 9.07. The summed E-state index contributed by atoms with van der Waals surface area (Å²) < 4.78 is 55.4. The molecule has 6 atom stereocenters. The Balaban J connectivity index is 1.37. The van der Waals surface area contributed by atoms with E-state index in [-0.39, 0.29) is 83.4 Å². The summed E-state index contributed by atoms with van der Waals surface area (Å²) in [5.74, 6) is -2.85. The molecule has 0 saturated carbocycles. The fourth-order valence-electron chi connectivity index (χ4n) is 8.46. The summed E-state index contributed by atoms with van der Waals surface area (Å²) in [7, 11) is 9.65. The van der Waals surface area contributed by atoms with Crippen LogP contribution in [0.2, 0.25) is 0 Å². The minimum atomic E-state index is -1.29. The second kappa shape index (κ2) is 25.2. The number of carbonyl (C=O) groups is 6. The van der Waals surface area contributed by atoms with Gasteiger partial charge < -0.3 is 56.3 Å². The molecule has 18 heteroatoms. The number of ether oxygens (including phenoxy) is 10. The van der Waals surface area contributed by atoms with Gasteiger partial charge >= 0.3 is 35.8 Å². The van der Waals surface area contributed by atoms with Crippen LogP contribution in [0.25, 0.3) is 0 Å². The van der Waals surface area contributed by atoms with Crippen molar-refractivity contribution in [1.82, 2.24) is 0 Å². The van der Waals surface area contributed by atoms with E-state index >= 15 is 0 Å². The summed E-state index contributed by atoms with van der Waals surface area (Å²) in [4.78, 5) is 79.6. The van der Waals surface area contributed by atoms with E-state index in [1.54, 1.807) is 26.0 Å². The maximum atomic E-state index is 13.7. The molecule has 0 aromatic heterocycles. The van der Waals surface area contributed by atoms with Crippen molar-refractivity contribution in [2.24, 2.45) is 11.8 Å². The SMILES string of the molecule is CCOC(=O)C1CCC[N+](C)(CC(OC(=O)c2ccc(OC)c(OC)c2)C(=O)OCCCCCOC(=O)C(C[N+]2(C)CCCC(C(=O)OCC)C2)OC(=O)c2ccc(OC)c(OC)c2)C1. The van der Waals surface area contributed by atoms with Gasteiger partial charge in [0.05, 0.1) is 106 Å². The van der Waals surface area contributed by atoms with Gasteiger partial charge in [0.25, 0.3) is 0 Å². The first-order valence-corrected chi connectivity index (χ1v) is 22.3. The van der Waals surface area contributed by atoms with Crippen LogP contribution in [0.3, 0.4) is 0 Å². The largest absolute Gasteiger partial charge is 0.493 e. The topological polar surface area (TPSA) is 195 Å². The molecule has 0 spiro atoms. The third-order valence-corrected chi connectivity index (χ3v) is 11.8. The van der Waals surface area contributed by atoms with Crippen LogP contribution in [-0.2, 0) is 47.6 Å². The van der Waals surface area contributed by atoms with Gasteiger partial charge in [-0.1, -0.05) is 0 Å². The molecule has 360 valence electrons. The Labute approximate surface area is 381 Å². The van der Waals surface area contributed by atoms with Crippen molar-refractivity contribution in [2.75, 3.05) is 108 Å². The van der Waals surface area contributed by atoms with E-state index in [4.69, 9.17) is 47.4 Å². The number of esters is 6. The van der Waals surface area contributed by atoms with Gasteiger partial charge in [0, 0.05) is 0 Å². The van der Waals surface area contributed by atoms with Crippen LogP contribution in [0.5, 0.6) is 23.0 Å². The van der Waals surface area contributed by atoms with Crippen molar-refractivity contribution >= 4 is 35.8 Å². The van der Waals surface area contributed by atoms with Gasteiger partial charge in [-0.15, -0.1) is 0 Å². The van der Waals surface area contributed by atoms with Crippen molar-refractivity contribution in [3.63, 3.8) is 0 Å². The normalized spacial score (nSPS) is 21.4. The highest BCUT2D eigenvalue weighted by atomic mass is 16.6. The molecule has 0 amide bonds. The lowest BCUT2D eigenvalue weighted by Gasteiger charge is -2.41. The van der Waals surface area contributed by atoms with Gasteiger partial charge in [-0.25, -0.2) is 19.2 Å². The van der Waals surface area contributed by atoms with E-state index in [2.05, 4.69) is 0 Å². The average Bonchev–Trinajstić information content (AvgIpc) is 3.29. The predicted molar refractivity (Wildman–Crippen MR) is 234 cm³/mol. The molecule has 2 aliphatic heterocycles. The molecule has 2 aromatic rings. The Kier molecular flexibility index (Phi) is 20.1. The van der Waals surface area contributed by atoms with E-state index in [9.17, 15) is 28.8 Å². The molecule has 4 rings (SSSR count). The Morgan fingerprint density at radius 3 is 1.29 bits per heavy atom. The number of rotatable bonds is 24. The van der Waals surface area contributed by atoms with Crippen LogP contribution >= 0.6 is 0 Å². The monoisotopic (exact) mass is 916 g/mol. The van der Waals surface area contributed by atoms with Gasteiger partial charge in [0.15, 0.2) is 23.0 Å². The quantitative estimate of drug-likeness (QED) is 0.0615. The van der Waals surface area contributed by atoms with Crippen LogP contribution in [0.1, 0.15) is 79.5 Å². The molecule has 2 fully saturated rings. The summed E-state index contributed by atoms with van der Waals surface area (Å²) in [5.41, 5.74) is 0.289. The van der Waals surface area contributed by atoms with E-state index in [0.717, 1.165) is 0 Å². The zero-order chi connectivity index (χ0) is 47.6. The Morgan fingerprint density at radius 2 is 0.938 bits per heavy atom. The van der Waals surface area contributed by atoms with Gasteiger partial charge in [0.1, 0.15) is 24.9 Å². The van der Waals surface area contributed by atoms with Crippen molar-refractivity contribution < 1.29 is 85.1 Å². The number of unbranched alkanes of at least 4 members (excludes halogenated alkanes) is 2. The Bertz CT molecular complexity index is 1810. The predicted octanol–water partition coefficient (Wildman–Crippen LogP) is 4.57. The number of piperidine rings is 2. The second-order valence-electron chi connectivity index (χ2n) is 16.9. The summed E-state index contributed by atoms with van der Waals surface area (Å²) in [6.45, 7) is 6.26. The lowest BCUT2D eigenvalue weighted by Crippen LogP contribution is -2.57. The highest BCUT2D eigenvalue weighted by Gasteiger charge is 2.43. The van der Waals surface area contributed by atoms with Gasteiger partial charge in [-0.3, -0.25) is 9.59 Å². The molecule has 2 saturated heterocycles. The second-order valence-corrected chi connectivity index (χ2v) is 16.9. The van der Waals surface area contributed by atoms with Crippen LogP contribution in [0, 0.1) is 11.8 Å². The van der Waals surface area contributed by atoms with Gasteiger partial charge in [-0.2, -0.15) is 0 Å². The molecule has 2 heterocycles. The molecule has 65 heavy (non-hydrogen) atoms. The first kappa shape index (κ1) is 52.0. The molecule has 0 aliphatic carbocycles.